The number of amides is 1. The Labute approximate surface area is 151 Å². The number of anilines is 1. The molecular formula is C20H12F3N3O. The van der Waals surface area contributed by atoms with E-state index in [0.29, 0.717) is 27.6 Å². The molecule has 3 aromatic carbocycles. The van der Waals surface area contributed by atoms with Gasteiger partial charge in [0.15, 0.2) is 0 Å². The number of aromatic nitrogens is 2. The Morgan fingerprint density at radius 3 is 2.07 bits per heavy atom. The van der Waals surface area contributed by atoms with Gasteiger partial charge in [0.05, 0.1) is 27.7 Å². The monoisotopic (exact) mass is 367 g/mol. The molecule has 0 fully saturated rings. The summed E-state index contributed by atoms with van der Waals surface area (Å²) in [5.74, 6) is -0.468. The first-order valence-electron chi connectivity index (χ1n) is 8.06. The van der Waals surface area contributed by atoms with Gasteiger partial charge in [-0.1, -0.05) is 18.2 Å². The summed E-state index contributed by atoms with van der Waals surface area (Å²) in [4.78, 5) is 21.7. The maximum atomic E-state index is 12.6. The second-order valence-electron chi connectivity index (χ2n) is 5.91. The highest BCUT2D eigenvalue weighted by Crippen LogP contribution is 2.30. The van der Waals surface area contributed by atoms with Crippen LogP contribution in [-0.2, 0) is 6.18 Å². The number of alkyl halides is 3. The number of carbonyl (C=O) groups is 1. The first-order chi connectivity index (χ1) is 12.9. The third kappa shape index (κ3) is 3.31. The predicted octanol–water partition coefficient (Wildman–Crippen LogP) is 5.05. The lowest BCUT2D eigenvalue weighted by atomic mass is 10.1. The van der Waals surface area contributed by atoms with Crippen molar-refractivity contribution in [2.75, 3.05) is 5.32 Å². The normalized spacial score (nSPS) is 11.7. The van der Waals surface area contributed by atoms with Gasteiger partial charge in [0.2, 0.25) is 0 Å². The van der Waals surface area contributed by atoms with Crippen LogP contribution >= 0.6 is 0 Å². The van der Waals surface area contributed by atoms with E-state index < -0.39 is 17.6 Å². The van der Waals surface area contributed by atoms with Gasteiger partial charge < -0.3 is 5.32 Å². The van der Waals surface area contributed by atoms with E-state index >= 15 is 0 Å². The average Bonchev–Trinajstić information content (AvgIpc) is 2.65. The first kappa shape index (κ1) is 17.0. The molecule has 0 aliphatic carbocycles. The second-order valence-corrected chi connectivity index (χ2v) is 5.91. The van der Waals surface area contributed by atoms with E-state index in [1.807, 2.05) is 18.2 Å². The molecule has 4 rings (SSSR count). The van der Waals surface area contributed by atoms with Crippen molar-refractivity contribution in [1.82, 2.24) is 9.97 Å². The van der Waals surface area contributed by atoms with Gasteiger partial charge >= 0.3 is 6.18 Å². The molecule has 7 heteroatoms. The molecule has 27 heavy (non-hydrogen) atoms. The number of carbonyl (C=O) groups excluding carboxylic acids is 1. The van der Waals surface area contributed by atoms with Crippen LogP contribution in [0, 0.1) is 0 Å². The topological polar surface area (TPSA) is 54.9 Å². The van der Waals surface area contributed by atoms with E-state index in [9.17, 15) is 18.0 Å². The van der Waals surface area contributed by atoms with Gasteiger partial charge in [-0.15, -0.1) is 0 Å². The number of hydrogen-bond acceptors (Lipinski definition) is 3. The largest absolute Gasteiger partial charge is 0.416 e. The van der Waals surface area contributed by atoms with Gasteiger partial charge in [0.1, 0.15) is 5.52 Å². The first-order valence-corrected chi connectivity index (χ1v) is 8.06. The van der Waals surface area contributed by atoms with Crippen molar-refractivity contribution in [3.05, 3.63) is 77.9 Å². The van der Waals surface area contributed by atoms with E-state index in [1.165, 1.54) is 12.1 Å². The summed E-state index contributed by atoms with van der Waals surface area (Å²) in [5, 5.41) is 2.60. The van der Waals surface area contributed by atoms with Gasteiger partial charge in [-0.2, -0.15) is 13.2 Å². The van der Waals surface area contributed by atoms with Crippen molar-refractivity contribution in [1.29, 1.82) is 0 Å². The number of hydrogen-bond donors (Lipinski definition) is 1. The van der Waals surface area contributed by atoms with Gasteiger partial charge in [-0.3, -0.25) is 4.79 Å². The van der Waals surface area contributed by atoms with Gasteiger partial charge in [-0.05, 0) is 48.5 Å². The highest BCUT2D eigenvalue weighted by atomic mass is 19.4. The fourth-order valence-electron chi connectivity index (χ4n) is 2.77. The molecule has 4 aromatic rings. The molecule has 0 saturated carbocycles. The van der Waals surface area contributed by atoms with E-state index in [2.05, 4.69) is 15.3 Å². The average molecular weight is 367 g/mol. The maximum absolute atomic E-state index is 12.6. The van der Waals surface area contributed by atoms with Crippen LogP contribution in [0.3, 0.4) is 0 Å². The van der Waals surface area contributed by atoms with Crippen LogP contribution in [0.5, 0.6) is 0 Å². The SMILES string of the molecule is O=C(Nc1ccc(C(F)(F)F)cc1)c1cccc2nc3ccccc3nc12. The minimum absolute atomic E-state index is 0.263. The molecule has 0 aliphatic rings. The summed E-state index contributed by atoms with van der Waals surface area (Å²) < 4.78 is 37.9. The van der Waals surface area contributed by atoms with Crippen LogP contribution in [0.4, 0.5) is 18.9 Å². The summed E-state index contributed by atoms with van der Waals surface area (Å²) in [6, 6.07) is 16.6. The highest BCUT2D eigenvalue weighted by Gasteiger charge is 2.30. The predicted molar refractivity (Wildman–Crippen MR) is 96.4 cm³/mol. The molecule has 134 valence electrons. The van der Waals surface area contributed by atoms with E-state index in [1.54, 1.807) is 24.3 Å². The summed E-state index contributed by atoms with van der Waals surface area (Å²) in [7, 11) is 0. The van der Waals surface area contributed by atoms with Gasteiger partial charge in [0.25, 0.3) is 5.91 Å². The van der Waals surface area contributed by atoms with Gasteiger partial charge in [-0.25, -0.2) is 9.97 Å². The van der Waals surface area contributed by atoms with Crippen molar-refractivity contribution in [3.8, 4) is 0 Å². The summed E-state index contributed by atoms with van der Waals surface area (Å²) in [6.07, 6.45) is -4.42. The number of rotatable bonds is 2. The number of nitrogens with one attached hydrogen (secondary N) is 1. The molecule has 0 saturated heterocycles. The third-order valence-electron chi connectivity index (χ3n) is 4.08. The minimum Gasteiger partial charge on any atom is -0.322 e. The second kappa shape index (κ2) is 6.35. The Bertz CT molecular complexity index is 1150. The molecule has 0 aliphatic heterocycles. The van der Waals surface area contributed by atoms with E-state index in [-0.39, 0.29) is 5.69 Å². The third-order valence-corrected chi connectivity index (χ3v) is 4.08. The van der Waals surface area contributed by atoms with E-state index in [0.717, 1.165) is 12.1 Å². The minimum atomic E-state index is -4.42. The Morgan fingerprint density at radius 2 is 1.41 bits per heavy atom. The van der Waals surface area contributed by atoms with E-state index in [4.69, 9.17) is 0 Å². The van der Waals surface area contributed by atoms with Crippen LogP contribution in [0.15, 0.2) is 66.7 Å². The van der Waals surface area contributed by atoms with Crippen LogP contribution in [0.2, 0.25) is 0 Å². The standard InChI is InChI=1S/C20H12F3N3O/c21-20(22,23)12-8-10-13(11-9-12)24-19(27)14-4-3-7-17-18(14)26-16-6-2-1-5-15(16)25-17/h1-11H,(H,24,27). The fraction of sp³-hybridized carbons (Fsp3) is 0.0500. The zero-order chi connectivity index (χ0) is 19.0. The molecule has 0 radical (unpaired) electrons. The van der Waals surface area contributed by atoms with Crippen molar-refractivity contribution in [2.24, 2.45) is 0 Å². The van der Waals surface area contributed by atoms with Crippen molar-refractivity contribution in [2.45, 2.75) is 6.18 Å². The van der Waals surface area contributed by atoms with Crippen molar-refractivity contribution < 1.29 is 18.0 Å². The maximum Gasteiger partial charge on any atom is 0.416 e. The van der Waals surface area contributed by atoms with Crippen LogP contribution in [0.25, 0.3) is 22.1 Å². The zero-order valence-corrected chi connectivity index (χ0v) is 13.8. The highest BCUT2D eigenvalue weighted by molar-refractivity contribution is 6.12. The molecule has 0 unspecified atom stereocenters. The summed E-state index contributed by atoms with van der Waals surface area (Å²) >= 11 is 0. The number of fused-ring (bicyclic) bond motifs is 2. The molecule has 1 aromatic heterocycles. The molecular weight excluding hydrogens is 355 g/mol. The van der Waals surface area contributed by atoms with Crippen LogP contribution in [-0.4, -0.2) is 15.9 Å². The lowest BCUT2D eigenvalue weighted by molar-refractivity contribution is -0.137. The molecule has 1 heterocycles. The van der Waals surface area contributed by atoms with Crippen molar-refractivity contribution >= 4 is 33.7 Å². The number of benzene rings is 3. The van der Waals surface area contributed by atoms with Crippen molar-refractivity contribution in [3.63, 3.8) is 0 Å². The number of nitrogens with zero attached hydrogens (tertiary/aromatic N) is 2. The molecule has 0 atom stereocenters. The zero-order valence-electron chi connectivity index (χ0n) is 13.8. The molecule has 4 nitrogen and oxygen atoms in total. The Balaban J connectivity index is 1.69. The fourth-order valence-corrected chi connectivity index (χ4v) is 2.77. The summed E-state index contributed by atoms with van der Waals surface area (Å²) in [5.41, 5.74) is 2.15. The Morgan fingerprint density at radius 1 is 0.778 bits per heavy atom. The Kier molecular flexibility index (Phi) is 3.99. The molecule has 0 spiro atoms. The number of para-hydroxylation sites is 3. The van der Waals surface area contributed by atoms with Gasteiger partial charge in [0, 0.05) is 5.69 Å². The summed E-state index contributed by atoms with van der Waals surface area (Å²) in [6.45, 7) is 0. The van der Waals surface area contributed by atoms with Crippen LogP contribution < -0.4 is 5.32 Å². The smallest absolute Gasteiger partial charge is 0.322 e. The molecule has 1 amide bonds. The Hall–Kier alpha value is -3.48. The molecule has 1 N–H and O–H groups in total. The molecule has 0 bridgehead atoms. The quantitative estimate of drug-likeness (QED) is 0.504. The lowest BCUT2D eigenvalue weighted by Gasteiger charge is -2.10. The lowest BCUT2D eigenvalue weighted by Crippen LogP contribution is -2.13. The number of halogens is 3. The van der Waals surface area contributed by atoms with Crippen LogP contribution in [0.1, 0.15) is 15.9 Å².